The number of halogens is 2. The number of hydrogen-bond acceptors (Lipinski definition) is 4. The van der Waals surface area contributed by atoms with Gasteiger partial charge in [-0.1, -0.05) is 23.2 Å². The Kier molecular flexibility index (Phi) is 4.88. The maximum atomic E-state index is 11.7. The van der Waals surface area contributed by atoms with E-state index >= 15 is 0 Å². The fourth-order valence-electron chi connectivity index (χ4n) is 2.23. The van der Waals surface area contributed by atoms with E-state index in [0.717, 1.165) is 31.7 Å². The van der Waals surface area contributed by atoms with Gasteiger partial charge in [0, 0.05) is 19.3 Å². The summed E-state index contributed by atoms with van der Waals surface area (Å²) in [4.78, 5) is 18.0. The van der Waals surface area contributed by atoms with Crippen LogP contribution in [0.4, 0.5) is 5.82 Å². The van der Waals surface area contributed by atoms with E-state index in [-0.39, 0.29) is 11.9 Å². The summed E-state index contributed by atoms with van der Waals surface area (Å²) in [5.41, 5.74) is 0. The third-order valence-electron chi connectivity index (χ3n) is 3.20. The monoisotopic (exact) mass is 302 g/mol. The predicted molar refractivity (Wildman–Crippen MR) is 75.8 cm³/mol. The standard InChI is InChI=1S/C13H16Cl2N2O2/c1-2-19-13(18)9-3-5-17(6-4-9)12-11(15)7-10(14)8-16-12/h7-9H,2-6H2,1H3. The van der Waals surface area contributed by atoms with Gasteiger partial charge >= 0.3 is 5.97 Å². The van der Waals surface area contributed by atoms with Crippen LogP contribution in [0.2, 0.25) is 10.0 Å². The van der Waals surface area contributed by atoms with E-state index in [9.17, 15) is 4.79 Å². The molecule has 2 rings (SSSR count). The lowest BCUT2D eigenvalue weighted by atomic mass is 9.97. The van der Waals surface area contributed by atoms with E-state index in [0.29, 0.717) is 16.7 Å². The first-order valence-electron chi connectivity index (χ1n) is 6.34. The van der Waals surface area contributed by atoms with Gasteiger partial charge in [0.2, 0.25) is 0 Å². The molecule has 1 aliphatic heterocycles. The third-order valence-corrected chi connectivity index (χ3v) is 3.69. The summed E-state index contributed by atoms with van der Waals surface area (Å²) in [5, 5.41) is 1.07. The first-order valence-corrected chi connectivity index (χ1v) is 7.10. The Hall–Kier alpha value is -1.000. The molecule has 1 saturated heterocycles. The minimum absolute atomic E-state index is 0.0118. The predicted octanol–water partition coefficient (Wildman–Crippen LogP) is 3.17. The molecule has 1 aromatic rings. The Morgan fingerprint density at radius 3 is 2.74 bits per heavy atom. The largest absolute Gasteiger partial charge is 0.466 e. The lowest BCUT2D eigenvalue weighted by Crippen LogP contribution is -2.37. The van der Waals surface area contributed by atoms with E-state index in [1.54, 1.807) is 12.3 Å². The highest BCUT2D eigenvalue weighted by Crippen LogP contribution is 2.29. The van der Waals surface area contributed by atoms with Crippen LogP contribution in [0.5, 0.6) is 0 Å². The van der Waals surface area contributed by atoms with Gasteiger partial charge in [0.25, 0.3) is 0 Å². The van der Waals surface area contributed by atoms with Crippen molar-refractivity contribution in [2.24, 2.45) is 5.92 Å². The molecule has 1 fully saturated rings. The normalized spacial score (nSPS) is 16.5. The van der Waals surface area contributed by atoms with Gasteiger partial charge in [0.1, 0.15) is 5.82 Å². The molecule has 0 unspecified atom stereocenters. The Morgan fingerprint density at radius 1 is 1.47 bits per heavy atom. The zero-order valence-electron chi connectivity index (χ0n) is 10.7. The van der Waals surface area contributed by atoms with E-state index < -0.39 is 0 Å². The average molecular weight is 303 g/mol. The molecule has 4 nitrogen and oxygen atoms in total. The lowest BCUT2D eigenvalue weighted by molar-refractivity contribution is -0.148. The fourth-order valence-corrected chi connectivity index (χ4v) is 2.73. The van der Waals surface area contributed by atoms with Gasteiger partial charge in [0.15, 0.2) is 0 Å². The Labute approximate surface area is 122 Å². The van der Waals surface area contributed by atoms with Gasteiger partial charge in [-0.2, -0.15) is 0 Å². The summed E-state index contributed by atoms with van der Waals surface area (Å²) >= 11 is 12.0. The van der Waals surface area contributed by atoms with Crippen LogP contribution in [0.3, 0.4) is 0 Å². The Morgan fingerprint density at radius 2 is 2.16 bits per heavy atom. The number of ether oxygens (including phenoxy) is 1. The van der Waals surface area contributed by atoms with Crippen molar-refractivity contribution in [3.8, 4) is 0 Å². The molecule has 19 heavy (non-hydrogen) atoms. The van der Waals surface area contributed by atoms with E-state index in [1.807, 2.05) is 6.92 Å². The second-order valence-electron chi connectivity index (χ2n) is 4.47. The number of pyridine rings is 1. The van der Waals surface area contributed by atoms with Gasteiger partial charge in [-0.15, -0.1) is 0 Å². The summed E-state index contributed by atoms with van der Waals surface area (Å²) in [5.74, 6) is 0.618. The topological polar surface area (TPSA) is 42.4 Å². The van der Waals surface area contributed by atoms with Crippen LogP contribution in [0.15, 0.2) is 12.3 Å². The molecule has 0 radical (unpaired) electrons. The number of esters is 1. The molecular weight excluding hydrogens is 287 g/mol. The lowest BCUT2D eigenvalue weighted by Gasteiger charge is -2.32. The van der Waals surface area contributed by atoms with Crippen LogP contribution < -0.4 is 4.90 Å². The smallest absolute Gasteiger partial charge is 0.309 e. The highest BCUT2D eigenvalue weighted by Gasteiger charge is 2.27. The van der Waals surface area contributed by atoms with Crippen molar-refractivity contribution >= 4 is 35.0 Å². The first kappa shape index (κ1) is 14.4. The number of piperidine rings is 1. The maximum Gasteiger partial charge on any atom is 0.309 e. The molecule has 0 aromatic carbocycles. The number of carbonyl (C=O) groups is 1. The van der Waals surface area contributed by atoms with Crippen LogP contribution in [-0.4, -0.2) is 30.6 Å². The minimum Gasteiger partial charge on any atom is -0.466 e. The molecule has 0 saturated carbocycles. The first-order chi connectivity index (χ1) is 9.11. The summed E-state index contributed by atoms with van der Waals surface area (Å²) in [6.07, 6.45) is 3.11. The minimum atomic E-state index is -0.0997. The van der Waals surface area contributed by atoms with E-state index in [2.05, 4.69) is 9.88 Å². The zero-order chi connectivity index (χ0) is 13.8. The van der Waals surface area contributed by atoms with Gasteiger partial charge < -0.3 is 9.64 Å². The van der Waals surface area contributed by atoms with Gasteiger partial charge in [-0.05, 0) is 25.8 Å². The SMILES string of the molecule is CCOC(=O)C1CCN(c2ncc(Cl)cc2Cl)CC1. The quantitative estimate of drug-likeness (QED) is 0.804. The third kappa shape index (κ3) is 3.51. The van der Waals surface area contributed by atoms with Crippen molar-refractivity contribution in [2.75, 3.05) is 24.6 Å². The fraction of sp³-hybridized carbons (Fsp3) is 0.538. The highest BCUT2D eigenvalue weighted by atomic mass is 35.5. The number of hydrogen-bond donors (Lipinski definition) is 0. The van der Waals surface area contributed by atoms with Crippen LogP contribution in [0, 0.1) is 5.92 Å². The number of anilines is 1. The maximum absolute atomic E-state index is 11.7. The molecule has 0 N–H and O–H groups in total. The zero-order valence-corrected chi connectivity index (χ0v) is 12.2. The molecule has 1 aliphatic rings. The second-order valence-corrected chi connectivity index (χ2v) is 5.32. The Balaban J connectivity index is 1.98. The molecule has 0 amide bonds. The number of nitrogens with zero attached hydrogens (tertiary/aromatic N) is 2. The molecule has 1 aromatic heterocycles. The summed E-state index contributed by atoms with van der Waals surface area (Å²) in [6, 6.07) is 1.68. The van der Waals surface area contributed by atoms with Crippen LogP contribution in [0.25, 0.3) is 0 Å². The number of rotatable bonds is 3. The molecule has 2 heterocycles. The van der Waals surface area contributed by atoms with Crippen molar-refractivity contribution in [1.82, 2.24) is 4.98 Å². The molecule has 6 heteroatoms. The van der Waals surface area contributed by atoms with Crippen LogP contribution >= 0.6 is 23.2 Å². The van der Waals surface area contributed by atoms with Crippen molar-refractivity contribution in [1.29, 1.82) is 0 Å². The highest BCUT2D eigenvalue weighted by molar-refractivity contribution is 6.36. The van der Waals surface area contributed by atoms with Crippen LogP contribution in [-0.2, 0) is 9.53 Å². The van der Waals surface area contributed by atoms with Crippen molar-refractivity contribution in [3.63, 3.8) is 0 Å². The molecule has 0 spiro atoms. The molecular formula is C13H16Cl2N2O2. The molecule has 0 aliphatic carbocycles. The second kappa shape index (κ2) is 6.44. The number of aromatic nitrogens is 1. The average Bonchev–Trinajstić information content (AvgIpc) is 2.39. The van der Waals surface area contributed by atoms with Gasteiger partial charge in [0.05, 0.1) is 22.6 Å². The van der Waals surface area contributed by atoms with Gasteiger partial charge in [-0.3, -0.25) is 4.79 Å². The summed E-state index contributed by atoms with van der Waals surface area (Å²) in [7, 11) is 0. The molecule has 0 atom stereocenters. The van der Waals surface area contributed by atoms with Crippen molar-refractivity contribution in [3.05, 3.63) is 22.3 Å². The molecule has 104 valence electrons. The van der Waals surface area contributed by atoms with Crippen LogP contribution in [0.1, 0.15) is 19.8 Å². The van der Waals surface area contributed by atoms with Crippen molar-refractivity contribution in [2.45, 2.75) is 19.8 Å². The summed E-state index contributed by atoms with van der Waals surface area (Å²) in [6.45, 7) is 3.75. The molecule has 0 bridgehead atoms. The van der Waals surface area contributed by atoms with E-state index in [1.165, 1.54) is 0 Å². The van der Waals surface area contributed by atoms with E-state index in [4.69, 9.17) is 27.9 Å². The summed E-state index contributed by atoms with van der Waals surface area (Å²) < 4.78 is 5.05. The van der Waals surface area contributed by atoms with Gasteiger partial charge in [-0.25, -0.2) is 4.98 Å². The number of carbonyl (C=O) groups excluding carboxylic acids is 1. The Bertz CT molecular complexity index is 460. The van der Waals surface area contributed by atoms with Crippen molar-refractivity contribution < 1.29 is 9.53 Å².